The van der Waals surface area contributed by atoms with Crippen LogP contribution < -0.4 is 0 Å². The van der Waals surface area contributed by atoms with Crippen molar-refractivity contribution in [1.29, 1.82) is 0 Å². The quantitative estimate of drug-likeness (QED) is 0.787. The first kappa shape index (κ1) is 13.3. The molecule has 1 heterocycles. The summed E-state index contributed by atoms with van der Waals surface area (Å²) in [4.78, 5) is 11.2. The van der Waals surface area contributed by atoms with Gasteiger partial charge in [-0.15, -0.1) is 5.10 Å². The van der Waals surface area contributed by atoms with Gasteiger partial charge in [-0.2, -0.15) is 13.2 Å². The van der Waals surface area contributed by atoms with Crippen LogP contribution in [0.1, 0.15) is 28.7 Å². The first-order valence-corrected chi connectivity index (χ1v) is 5.41. The number of alkyl halides is 3. The van der Waals surface area contributed by atoms with Crippen molar-refractivity contribution < 1.29 is 18.0 Å². The Balaban J connectivity index is 2.41. The van der Waals surface area contributed by atoms with E-state index in [1.54, 1.807) is 6.92 Å². The van der Waals surface area contributed by atoms with Crippen molar-refractivity contribution in [3.8, 4) is 5.69 Å². The second-order valence-corrected chi connectivity index (χ2v) is 4.04. The van der Waals surface area contributed by atoms with Gasteiger partial charge in [0.25, 0.3) is 0 Å². The van der Waals surface area contributed by atoms with E-state index < -0.39 is 11.7 Å². The molecular formula is C12H10F3N3O. The van der Waals surface area contributed by atoms with E-state index in [-0.39, 0.29) is 11.5 Å². The Kier molecular flexibility index (Phi) is 3.13. The minimum Gasteiger partial charge on any atom is -0.293 e. The van der Waals surface area contributed by atoms with Crippen LogP contribution in [-0.2, 0) is 6.18 Å². The number of halogens is 3. The average molecular weight is 269 g/mol. The topological polar surface area (TPSA) is 47.8 Å². The molecule has 0 unspecified atom stereocenters. The van der Waals surface area contributed by atoms with Crippen molar-refractivity contribution in [2.45, 2.75) is 20.0 Å². The second kappa shape index (κ2) is 4.49. The van der Waals surface area contributed by atoms with Gasteiger partial charge >= 0.3 is 6.18 Å². The molecule has 0 saturated heterocycles. The molecule has 0 saturated carbocycles. The predicted molar refractivity (Wildman–Crippen MR) is 61.1 cm³/mol. The highest BCUT2D eigenvalue weighted by atomic mass is 19.4. The highest BCUT2D eigenvalue weighted by Crippen LogP contribution is 2.29. The zero-order valence-electron chi connectivity index (χ0n) is 10.2. The summed E-state index contributed by atoms with van der Waals surface area (Å²) >= 11 is 0. The minimum absolute atomic E-state index is 0.208. The van der Waals surface area contributed by atoms with Crippen LogP contribution in [0.15, 0.2) is 24.3 Å². The van der Waals surface area contributed by atoms with E-state index in [4.69, 9.17) is 0 Å². The molecule has 2 rings (SSSR count). The van der Waals surface area contributed by atoms with Crippen LogP contribution in [0.2, 0.25) is 0 Å². The van der Waals surface area contributed by atoms with Gasteiger partial charge in [0.15, 0.2) is 11.5 Å². The molecule has 4 nitrogen and oxygen atoms in total. The van der Waals surface area contributed by atoms with Crippen molar-refractivity contribution in [2.24, 2.45) is 0 Å². The Morgan fingerprint density at radius 1 is 1.21 bits per heavy atom. The van der Waals surface area contributed by atoms with Crippen LogP contribution in [0.3, 0.4) is 0 Å². The SMILES string of the molecule is CC(=O)c1nnn(-c2ccc(C(F)(F)F)cc2)c1C. The van der Waals surface area contributed by atoms with Crippen molar-refractivity contribution in [2.75, 3.05) is 0 Å². The van der Waals surface area contributed by atoms with Crippen LogP contribution in [0.25, 0.3) is 5.69 Å². The van der Waals surface area contributed by atoms with Crippen LogP contribution in [0.4, 0.5) is 13.2 Å². The Labute approximate surface area is 106 Å². The molecule has 0 N–H and O–H groups in total. The third kappa shape index (κ3) is 2.49. The molecule has 1 aromatic carbocycles. The molecule has 0 amide bonds. The average Bonchev–Trinajstić information content (AvgIpc) is 2.70. The Morgan fingerprint density at radius 3 is 2.21 bits per heavy atom. The van der Waals surface area contributed by atoms with Crippen LogP contribution in [-0.4, -0.2) is 20.8 Å². The van der Waals surface area contributed by atoms with Crippen molar-refractivity contribution in [1.82, 2.24) is 15.0 Å². The van der Waals surface area contributed by atoms with E-state index in [1.165, 1.54) is 23.7 Å². The summed E-state index contributed by atoms with van der Waals surface area (Å²) in [7, 11) is 0. The van der Waals surface area contributed by atoms with E-state index in [1.807, 2.05) is 0 Å². The molecule has 0 aliphatic heterocycles. The van der Waals surface area contributed by atoms with E-state index in [9.17, 15) is 18.0 Å². The van der Waals surface area contributed by atoms with Gasteiger partial charge < -0.3 is 0 Å². The number of benzene rings is 1. The number of rotatable bonds is 2. The summed E-state index contributed by atoms with van der Waals surface area (Å²) in [5.41, 5.74) is 0.387. The smallest absolute Gasteiger partial charge is 0.293 e. The van der Waals surface area contributed by atoms with Gasteiger partial charge in [0.05, 0.1) is 16.9 Å². The van der Waals surface area contributed by atoms with Crippen molar-refractivity contribution >= 4 is 5.78 Å². The first-order valence-electron chi connectivity index (χ1n) is 5.41. The van der Waals surface area contributed by atoms with Gasteiger partial charge in [0.1, 0.15) is 0 Å². The number of hydrogen-bond acceptors (Lipinski definition) is 3. The number of carbonyl (C=O) groups excluding carboxylic acids is 1. The zero-order valence-corrected chi connectivity index (χ0v) is 10.2. The fourth-order valence-electron chi connectivity index (χ4n) is 1.69. The number of nitrogens with zero attached hydrogens (tertiary/aromatic N) is 3. The number of ketones is 1. The summed E-state index contributed by atoms with van der Waals surface area (Å²) in [6.45, 7) is 2.99. The number of Topliss-reactive ketones (excluding diaryl/α,β-unsaturated/α-hetero) is 1. The maximum absolute atomic E-state index is 12.4. The summed E-state index contributed by atoms with van der Waals surface area (Å²) in [5.74, 6) is -0.240. The third-order valence-corrected chi connectivity index (χ3v) is 2.67. The standard InChI is InChI=1S/C12H10F3N3O/c1-7-11(8(2)19)16-17-18(7)10-5-3-9(4-6-10)12(13,14)15/h3-6H,1-2H3. The van der Waals surface area contributed by atoms with E-state index >= 15 is 0 Å². The molecule has 0 spiro atoms. The maximum atomic E-state index is 12.4. The maximum Gasteiger partial charge on any atom is 0.416 e. The Bertz CT molecular complexity index is 614. The van der Waals surface area contributed by atoms with Crippen LogP contribution in [0, 0.1) is 6.92 Å². The molecule has 0 radical (unpaired) electrons. The summed E-state index contributed by atoms with van der Waals surface area (Å²) in [6.07, 6.45) is -4.37. The summed E-state index contributed by atoms with van der Waals surface area (Å²) < 4.78 is 38.6. The molecular weight excluding hydrogens is 259 g/mol. The first-order chi connectivity index (χ1) is 8.80. The molecule has 2 aromatic rings. The largest absolute Gasteiger partial charge is 0.416 e. The van der Waals surface area contributed by atoms with Gasteiger partial charge in [0, 0.05) is 6.92 Å². The van der Waals surface area contributed by atoms with E-state index in [0.717, 1.165) is 12.1 Å². The molecule has 0 bridgehead atoms. The lowest BCUT2D eigenvalue weighted by Crippen LogP contribution is -2.06. The lowest BCUT2D eigenvalue weighted by atomic mass is 10.2. The molecule has 100 valence electrons. The summed E-state index contributed by atoms with van der Waals surface area (Å²) in [6, 6.07) is 4.50. The normalized spacial score (nSPS) is 11.6. The summed E-state index contributed by atoms with van der Waals surface area (Å²) in [5, 5.41) is 7.47. The fourth-order valence-corrected chi connectivity index (χ4v) is 1.69. The predicted octanol–water partition coefficient (Wildman–Crippen LogP) is 2.80. The third-order valence-electron chi connectivity index (χ3n) is 2.67. The molecule has 0 aliphatic carbocycles. The molecule has 0 fully saturated rings. The highest BCUT2D eigenvalue weighted by molar-refractivity contribution is 5.93. The molecule has 1 aromatic heterocycles. The van der Waals surface area contributed by atoms with Crippen molar-refractivity contribution in [3.63, 3.8) is 0 Å². The van der Waals surface area contributed by atoms with Gasteiger partial charge in [-0.05, 0) is 31.2 Å². The van der Waals surface area contributed by atoms with Gasteiger partial charge in [-0.3, -0.25) is 4.79 Å². The monoisotopic (exact) mass is 269 g/mol. The van der Waals surface area contributed by atoms with Gasteiger partial charge in [0.2, 0.25) is 0 Å². The highest BCUT2D eigenvalue weighted by Gasteiger charge is 2.30. The fraction of sp³-hybridized carbons (Fsp3) is 0.250. The Morgan fingerprint density at radius 2 is 1.79 bits per heavy atom. The lowest BCUT2D eigenvalue weighted by Gasteiger charge is -2.08. The zero-order chi connectivity index (χ0) is 14.2. The molecule has 7 heteroatoms. The second-order valence-electron chi connectivity index (χ2n) is 4.04. The minimum atomic E-state index is -4.37. The number of hydrogen-bond donors (Lipinski definition) is 0. The van der Waals surface area contributed by atoms with Crippen LogP contribution >= 0.6 is 0 Å². The Hall–Kier alpha value is -2.18. The van der Waals surface area contributed by atoms with Gasteiger partial charge in [-0.1, -0.05) is 5.21 Å². The molecule has 0 atom stereocenters. The van der Waals surface area contributed by atoms with Gasteiger partial charge in [-0.25, -0.2) is 4.68 Å². The van der Waals surface area contributed by atoms with Crippen LogP contribution in [0.5, 0.6) is 0 Å². The number of carbonyl (C=O) groups is 1. The van der Waals surface area contributed by atoms with E-state index in [2.05, 4.69) is 10.3 Å². The lowest BCUT2D eigenvalue weighted by molar-refractivity contribution is -0.137. The number of aromatic nitrogens is 3. The molecule has 19 heavy (non-hydrogen) atoms. The van der Waals surface area contributed by atoms with E-state index in [0.29, 0.717) is 11.4 Å². The van der Waals surface area contributed by atoms with Crippen molar-refractivity contribution in [3.05, 3.63) is 41.2 Å². The molecule has 0 aliphatic rings.